The quantitative estimate of drug-likeness (QED) is 0.643. The van der Waals surface area contributed by atoms with Crippen molar-refractivity contribution in [3.8, 4) is 0 Å². The van der Waals surface area contributed by atoms with E-state index in [2.05, 4.69) is 43.1 Å². The Morgan fingerprint density at radius 1 is 1.31 bits per heavy atom. The van der Waals surface area contributed by atoms with E-state index in [1.54, 1.807) is 11.1 Å². The Kier molecular flexibility index (Phi) is 2.32. The van der Waals surface area contributed by atoms with Crippen molar-refractivity contribution in [2.75, 3.05) is 13.6 Å². The third-order valence-corrected chi connectivity index (χ3v) is 4.79. The lowest BCUT2D eigenvalue weighted by atomic mass is 9.63. The van der Waals surface area contributed by atoms with E-state index in [1.807, 2.05) is 0 Å². The molecule has 1 saturated heterocycles. The van der Waals surface area contributed by atoms with Gasteiger partial charge < -0.3 is 4.90 Å². The van der Waals surface area contributed by atoms with Crippen LogP contribution >= 0.6 is 0 Å². The standard InChI is InChI=1S/C15H21N/c1-15-10-5-11-16(2)14(15)9-8-12-6-3-4-7-13(12)15/h3-4,6-7,14H,5,8-11H2,1-2H3/t14-,15-/m0/s1. The molecule has 1 heteroatoms. The normalized spacial score (nSPS) is 34.2. The molecule has 1 aromatic carbocycles. The zero-order valence-electron chi connectivity index (χ0n) is 10.4. The first kappa shape index (κ1) is 10.3. The van der Waals surface area contributed by atoms with Gasteiger partial charge in [0.15, 0.2) is 0 Å². The van der Waals surface area contributed by atoms with E-state index in [9.17, 15) is 0 Å². The highest BCUT2D eigenvalue weighted by Gasteiger charge is 2.43. The van der Waals surface area contributed by atoms with Crippen LogP contribution in [0.2, 0.25) is 0 Å². The van der Waals surface area contributed by atoms with Gasteiger partial charge in [0.2, 0.25) is 0 Å². The molecule has 0 bridgehead atoms. The van der Waals surface area contributed by atoms with E-state index < -0.39 is 0 Å². The number of likely N-dealkylation sites (N-methyl/N-ethyl adjacent to an activating group) is 1. The van der Waals surface area contributed by atoms with Gasteiger partial charge in [0.25, 0.3) is 0 Å². The van der Waals surface area contributed by atoms with Crippen molar-refractivity contribution in [1.29, 1.82) is 0 Å². The minimum Gasteiger partial charge on any atom is -0.303 e. The molecule has 0 amide bonds. The van der Waals surface area contributed by atoms with Crippen molar-refractivity contribution in [3.63, 3.8) is 0 Å². The molecular weight excluding hydrogens is 194 g/mol. The fourth-order valence-corrected chi connectivity index (χ4v) is 3.95. The van der Waals surface area contributed by atoms with Crippen molar-refractivity contribution in [1.82, 2.24) is 4.90 Å². The summed E-state index contributed by atoms with van der Waals surface area (Å²) in [7, 11) is 2.30. The highest BCUT2D eigenvalue weighted by Crippen LogP contribution is 2.44. The fraction of sp³-hybridized carbons (Fsp3) is 0.600. The molecule has 1 nitrogen and oxygen atoms in total. The Bertz CT molecular complexity index is 398. The Morgan fingerprint density at radius 3 is 3.00 bits per heavy atom. The topological polar surface area (TPSA) is 3.24 Å². The SMILES string of the molecule is CN1CCC[C@@]2(C)c3ccccc3CC[C@H]12. The largest absolute Gasteiger partial charge is 0.303 e. The van der Waals surface area contributed by atoms with E-state index in [-0.39, 0.29) is 0 Å². The second-order valence-corrected chi connectivity index (χ2v) is 5.71. The lowest BCUT2D eigenvalue weighted by Gasteiger charge is -2.51. The van der Waals surface area contributed by atoms with Crippen molar-refractivity contribution < 1.29 is 0 Å². The van der Waals surface area contributed by atoms with Gasteiger partial charge in [0.1, 0.15) is 0 Å². The first-order chi connectivity index (χ1) is 7.72. The van der Waals surface area contributed by atoms with Crippen molar-refractivity contribution >= 4 is 0 Å². The Morgan fingerprint density at radius 2 is 2.12 bits per heavy atom. The van der Waals surface area contributed by atoms with Crippen LogP contribution in [0.3, 0.4) is 0 Å². The maximum Gasteiger partial charge on any atom is 0.0190 e. The summed E-state index contributed by atoms with van der Waals surface area (Å²) in [4.78, 5) is 2.58. The van der Waals surface area contributed by atoms with Crippen molar-refractivity contribution in [2.45, 2.75) is 44.1 Å². The van der Waals surface area contributed by atoms with Crippen LogP contribution in [0.5, 0.6) is 0 Å². The summed E-state index contributed by atoms with van der Waals surface area (Å²) in [5.74, 6) is 0. The number of hydrogen-bond donors (Lipinski definition) is 0. The van der Waals surface area contributed by atoms with Gasteiger partial charge in [-0.3, -0.25) is 0 Å². The molecule has 1 aliphatic carbocycles. The summed E-state index contributed by atoms with van der Waals surface area (Å²) in [6.45, 7) is 3.76. The molecule has 0 aromatic heterocycles. The molecule has 1 aromatic rings. The van der Waals surface area contributed by atoms with E-state index in [0.717, 1.165) is 6.04 Å². The maximum atomic E-state index is 2.58. The summed E-state index contributed by atoms with van der Waals surface area (Å²) >= 11 is 0. The first-order valence-corrected chi connectivity index (χ1v) is 6.50. The molecule has 0 radical (unpaired) electrons. The molecule has 0 unspecified atom stereocenters. The summed E-state index contributed by atoms with van der Waals surface area (Å²) in [6.07, 6.45) is 5.31. The minimum absolute atomic E-state index is 0.405. The number of nitrogens with zero attached hydrogens (tertiary/aromatic N) is 1. The van der Waals surface area contributed by atoms with Crippen LogP contribution < -0.4 is 0 Å². The Balaban J connectivity index is 2.09. The van der Waals surface area contributed by atoms with Crippen LogP contribution in [-0.4, -0.2) is 24.5 Å². The Labute approximate surface area is 98.5 Å². The summed E-state index contributed by atoms with van der Waals surface area (Å²) in [5, 5.41) is 0. The second kappa shape index (κ2) is 3.59. The molecule has 16 heavy (non-hydrogen) atoms. The van der Waals surface area contributed by atoms with Crippen LogP contribution in [0.15, 0.2) is 24.3 Å². The number of piperidine rings is 1. The van der Waals surface area contributed by atoms with Gasteiger partial charge in [0, 0.05) is 11.5 Å². The fourth-order valence-electron chi connectivity index (χ4n) is 3.95. The van der Waals surface area contributed by atoms with Crippen LogP contribution in [0.4, 0.5) is 0 Å². The molecule has 2 atom stereocenters. The molecule has 3 rings (SSSR count). The summed E-state index contributed by atoms with van der Waals surface area (Å²) < 4.78 is 0. The number of fused-ring (bicyclic) bond motifs is 3. The zero-order valence-corrected chi connectivity index (χ0v) is 10.4. The predicted molar refractivity (Wildman–Crippen MR) is 67.8 cm³/mol. The lowest BCUT2D eigenvalue weighted by Crippen LogP contribution is -2.54. The number of aryl methyl sites for hydroxylation is 1. The highest BCUT2D eigenvalue weighted by molar-refractivity contribution is 5.38. The number of benzene rings is 1. The molecule has 1 heterocycles. The molecular formula is C15H21N. The number of rotatable bonds is 0. The molecule has 0 N–H and O–H groups in total. The monoisotopic (exact) mass is 215 g/mol. The van der Waals surface area contributed by atoms with E-state index in [1.165, 1.54) is 32.2 Å². The van der Waals surface area contributed by atoms with Crippen LogP contribution in [-0.2, 0) is 11.8 Å². The van der Waals surface area contributed by atoms with Gasteiger partial charge in [0.05, 0.1) is 0 Å². The summed E-state index contributed by atoms with van der Waals surface area (Å²) in [5.41, 5.74) is 3.62. The zero-order chi connectivity index (χ0) is 11.2. The number of hydrogen-bond acceptors (Lipinski definition) is 1. The van der Waals surface area contributed by atoms with Crippen LogP contribution in [0.1, 0.15) is 37.3 Å². The average molecular weight is 215 g/mol. The molecule has 2 aliphatic rings. The minimum atomic E-state index is 0.405. The highest BCUT2D eigenvalue weighted by atomic mass is 15.1. The maximum absolute atomic E-state index is 2.58. The van der Waals surface area contributed by atoms with Crippen molar-refractivity contribution in [2.24, 2.45) is 0 Å². The van der Waals surface area contributed by atoms with E-state index in [0.29, 0.717) is 5.41 Å². The third kappa shape index (κ3) is 1.34. The van der Waals surface area contributed by atoms with Gasteiger partial charge >= 0.3 is 0 Å². The average Bonchev–Trinajstić information content (AvgIpc) is 2.29. The lowest BCUT2D eigenvalue weighted by molar-refractivity contribution is 0.0854. The predicted octanol–water partition coefficient (Wildman–Crippen LogP) is 2.98. The molecule has 86 valence electrons. The van der Waals surface area contributed by atoms with E-state index in [4.69, 9.17) is 0 Å². The first-order valence-electron chi connectivity index (χ1n) is 6.50. The van der Waals surface area contributed by atoms with Crippen LogP contribution in [0.25, 0.3) is 0 Å². The van der Waals surface area contributed by atoms with Gasteiger partial charge in [-0.2, -0.15) is 0 Å². The van der Waals surface area contributed by atoms with Crippen LogP contribution in [0, 0.1) is 0 Å². The molecule has 1 fully saturated rings. The number of likely N-dealkylation sites (tertiary alicyclic amines) is 1. The molecule has 0 spiro atoms. The van der Waals surface area contributed by atoms with E-state index >= 15 is 0 Å². The molecule has 0 saturated carbocycles. The van der Waals surface area contributed by atoms with Gasteiger partial charge in [-0.1, -0.05) is 31.2 Å². The van der Waals surface area contributed by atoms with Crippen molar-refractivity contribution in [3.05, 3.63) is 35.4 Å². The van der Waals surface area contributed by atoms with Gasteiger partial charge in [-0.15, -0.1) is 0 Å². The van der Waals surface area contributed by atoms with Gasteiger partial charge in [-0.25, -0.2) is 0 Å². The molecule has 1 aliphatic heterocycles. The van der Waals surface area contributed by atoms with Gasteiger partial charge in [-0.05, 0) is 50.4 Å². The second-order valence-electron chi connectivity index (χ2n) is 5.71. The third-order valence-electron chi connectivity index (χ3n) is 4.79. The Hall–Kier alpha value is -0.820. The summed E-state index contributed by atoms with van der Waals surface area (Å²) in [6, 6.07) is 9.85. The smallest absolute Gasteiger partial charge is 0.0190 e.